The van der Waals surface area contributed by atoms with E-state index in [4.69, 9.17) is 9.52 Å². The molecule has 104 valence electrons. The van der Waals surface area contributed by atoms with E-state index in [1.165, 1.54) is 6.07 Å². The van der Waals surface area contributed by atoms with Crippen molar-refractivity contribution in [2.24, 2.45) is 0 Å². The van der Waals surface area contributed by atoms with E-state index in [1.807, 2.05) is 6.92 Å². The van der Waals surface area contributed by atoms with Crippen LogP contribution in [0.15, 0.2) is 21.6 Å². The van der Waals surface area contributed by atoms with Crippen LogP contribution in [0.25, 0.3) is 0 Å². The molecule has 0 saturated carbocycles. The summed E-state index contributed by atoms with van der Waals surface area (Å²) >= 11 is 0. The van der Waals surface area contributed by atoms with Crippen molar-refractivity contribution >= 4 is 10.0 Å². The van der Waals surface area contributed by atoms with Crippen molar-refractivity contribution in [1.82, 2.24) is 10.0 Å². The fraction of sp³-hybridized carbons (Fsp3) is 0.636. The number of aliphatic hydroxyl groups excluding tert-OH is 1. The van der Waals surface area contributed by atoms with Crippen molar-refractivity contribution in [3.63, 3.8) is 0 Å². The Balaban J connectivity index is 2.66. The van der Waals surface area contributed by atoms with Gasteiger partial charge in [-0.15, -0.1) is 0 Å². The molecule has 1 atom stereocenters. The van der Waals surface area contributed by atoms with Gasteiger partial charge in [0.25, 0.3) is 10.0 Å². The van der Waals surface area contributed by atoms with Crippen LogP contribution in [-0.4, -0.2) is 32.7 Å². The number of nitrogens with one attached hydrogen (secondary N) is 2. The molecular weight excluding hydrogens is 256 g/mol. The minimum atomic E-state index is -3.69. The first-order chi connectivity index (χ1) is 8.49. The molecule has 0 radical (unpaired) electrons. The van der Waals surface area contributed by atoms with E-state index in [-0.39, 0.29) is 11.7 Å². The topological polar surface area (TPSA) is 91.6 Å². The van der Waals surface area contributed by atoms with Crippen LogP contribution in [0.2, 0.25) is 0 Å². The van der Waals surface area contributed by atoms with E-state index in [1.54, 1.807) is 13.0 Å². The maximum Gasteiger partial charge on any atom is 0.274 e. The number of rotatable bonds is 8. The third-order valence-electron chi connectivity index (χ3n) is 2.26. The summed E-state index contributed by atoms with van der Waals surface area (Å²) < 4.78 is 31.2. The highest BCUT2D eigenvalue weighted by atomic mass is 32.2. The Morgan fingerprint density at radius 3 is 2.78 bits per heavy atom. The van der Waals surface area contributed by atoms with E-state index >= 15 is 0 Å². The summed E-state index contributed by atoms with van der Waals surface area (Å²) in [6.07, 6.45) is 1.00. The molecule has 0 fully saturated rings. The van der Waals surface area contributed by atoms with E-state index in [2.05, 4.69) is 10.0 Å². The van der Waals surface area contributed by atoms with E-state index < -0.39 is 16.1 Å². The smallest absolute Gasteiger partial charge is 0.274 e. The number of hydrogen-bond donors (Lipinski definition) is 3. The molecule has 1 unspecified atom stereocenters. The van der Waals surface area contributed by atoms with Crippen LogP contribution in [0.3, 0.4) is 0 Å². The molecule has 0 aliphatic heterocycles. The molecular formula is C11H20N2O4S. The Morgan fingerprint density at radius 2 is 2.17 bits per heavy atom. The summed E-state index contributed by atoms with van der Waals surface area (Å²) in [6.45, 7) is 4.71. The molecule has 0 aliphatic rings. The number of furan rings is 1. The fourth-order valence-electron chi connectivity index (χ4n) is 1.35. The molecule has 0 aliphatic carbocycles. The van der Waals surface area contributed by atoms with Crippen LogP contribution >= 0.6 is 0 Å². The molecule has 1 rings (SSSR count). The first-order valence-corrected chi connectivity index (χ1v) is 7.40. The van der Waals surface area contributed by atoms with Crippen LogP contribution in [0, 0.1) is 0 Å². The zero-order valence-electron chi connectivity index (χ0n) is 10.6. The van der Waals surface area contributed by atoms with E-state index in [9.17, 15) is 8.42 Å². The molecule has 18 heavy (non-hydrogen) atoms. The van der Waals surface area contributed by atoms with Crippen molar-refractivity contribution in [2.75, 3.05) is 13.2 Å². The molecule has 0 aromatic carbocycles. The Kier molecular flexibility index (Phi) is 5.80. The van der Waals surface area contributed by atoms with E-state index in [0.717, 1.165) is 13.0 Å². The van der Waals surface area contributed by atoms with Gasteiger partial charge in [0.05, 0.1) is 13.2 Å². The summed E-state index contributed by atoms with van der Waals surface area (Å²) in [5.41, 5.74) is 0. The Labute approximate surface area is 107 Å². The molecule has 1 aromatic rings. The maximum absolute atomic E-state index is 11.8. The average molecular weight is 276 g/mol. The summed E-state index contributed by atoms with van der Waals surface area (Å²) in [5, 5.41) is 11.8. The van der Waals surface area contributed by atoms with Gasteiger partial charge in [0.2, 0.25) is 5.09 Å². The first kappa shape index (κ1) is 15.2. The summed E-state index contributed by atoms with van der Waals surface area (Å²) in [6, 6.07) is 2.50. The highest BCUT2D eigenvalue weighted by molar-refractivity contribution is 7.89. The van der Waals surface area contributed by atoms with Gasteiger partial charge in [-0.1, -0.05) is 6.92 Å². The lowest BCUT2D eigenvalue weighted by molar-refractivity contribution is 0.264. The normalized spacial score (nSPS) is 13.7. The highest BCUT2D eigenvalue weighted by Crippen LogP contribution is 2.14. The zero-order valence-corrected chi connectivity index (χ0v) is 11.5. The van der Waals surface area contributed by atoms with Gasteiger partial charge >= 0.3 is 0 Å². The molecule has 1 aromatic heterocycles. The highest BCUT2D eigenvalue weighted by Gasteiger charge is 2.20. The van der Waals surface area contributed by atoms with Gasteiger partial charge in [-0.3, -0.25) is 0 Å². The third kappa shape index (κ3) is 4.41. The Bertz CT molecular complexity index is 455. The fourth-order valence-corrected chi connectivity index (χ4v) is 2.53. The lowest BCUT2D eigenvalue weighted by atomic mass is 10.4. The second kappa shape index (κ2) is 6.89. The molecule has 0 amide bonds. The van der Waals surface area contributed by atoms with Crippen molar-refractivity contribution in [2.45, 2.75) is 37.9 Å². The molecule has 1 heterocycles. The standard InChI is InChI=1S/C11H20N2O4S/c1-3-6-12-7-10-4-5-11(17-10)18(15,16)13-9(2)8-14/h4-5,9,12-14H,3,6-8H2,1-2H3. The summed E-state index contributed by atoms with van der Waals surface area (Å²) in [5.74, 6) is 0.570. The van der Waals surface area contributed by atoms with Crippen LogP contribution < -0.4 is 10.0 Å². The monoisotopic (exact) mass is 276 g/mol. The van der Waals surface area contributed by atoms with Crippen molar-refractivity contribution < 1.29 is 17.9 Å². The van der Waals surface area contributed by atoms with Crippen molar-refractivity contribution in [3.05, 3.63) is 17.9 Å². The number of aliphatic hydroxyl groups is 1. The van der Waals surface area contributed by atoms with Gasteiger partial charge in [-0.2, -0.15) is 0 Å². The van der Waals surface area contributed by atoms with Crippen LogP contribution in [0.1, 0.15) is 26.0 Å². The largest absolute Gasteiger partial charge is 0.447 e. The Hall–Kier alpha value is -0.890. The molecule has 7 heteroatoms. The summed E-state index contributed by atoms with van der Waals surface area (Å²) in [7, 11) is -3.69. The lowest BCUT2D eigenvalue weighted by Crippen LogP contribution is -2.34. The van der Waals surface area contributed by atoms with Gasteiger partial charge in [0.1, 0.15) is 5.76 Å². The van der Waals surface area contributed by atoms with Gasteiger partial charge in [0.15, 0.2) is 0 Å². The molecule has 6 nitrogen and oxygen atoms in total. The SMILES string of the molecule is CCCNCc1ccc(S(=O)(=O)NC(C)CO)o1. The maximum atomic E-state index is 11.8. The zero-order chi connectivity index (χ0) is 13.6. The van der Waals surface area contributed by atoms with Gasteiger partial charge in [-0.25, -0.2) is 13.1 Å². The predicted octanol–water partition coefficient (Wildman–Crippen LogP) is 0.438. The average Bonchev–Trinajstić information content (AvgIpc) is 2.78. The Morgan fingerprint density at radius 1 is 1.44 bits per heavy atom. The molecule has 0 saturated heterocycles. The van der Waals surface area contributed by atoms with Gasteiger partial charge in [0, 0.05) is 6.04 Å². The predicted molar refractivity (Wildman–Crippen MR) is 67.6 cm³/mol. The second-order valence-corrected chi connectivity index (χ2v) is 5.75. The first-order valence-electron chi connectivity index (χ1n) is 5.92. The molecule has 3 N–H and O–H groups in total. The quantitative estimate of drug-likeness (QED) is 0.599. The van der Waals surface area contributed by atoms with Crippen LogP contribution in [-0.2, 0) is 16.6 Å². The third-order valence-corrected chi connectivity index (χ3v) is 3.72. The van der Waals surface area contributed by atoms with Crippen LogP contribution in [0.5, 0.6) is 0 Å². The second-order valence-electron chi connectivity index (χ2n) is 4.10. The van der Waals surface area contributed by atoms with Gasteiger partial charge in [-0.05, 0) is 32.0 Å². The van der Waals surface area contributed by atoms with Gasteiger partial charge < -0.3 is 14.8 Å². The minimum Gasteiger partial charge on any atom is -0.447 e. The van der Waals surface area contributed by atoms with Crippen molar-refractivity contribution in [1.29, 1.82) is 0 Å². The number of sulfonamides is 1. The summed E-state index contributed by atoms with van der Waals surface area (Å²) in [4.78, 5) is 0. The number of hydrogen-bond acceptors (Lipinski definition) is 5. The lowest BCUT2D eigenvalue weighted by Gasteiger charge is -2.09. The van der Waals surface area contributed by atoms with Crippen molar-refractivity contribution in [3.8, 4) is 0 Å². The van der Waals surface area contributed by atoms with E-state index in [0.29, 0.717) is 12.3 Å². The minimum absolute atomic E-state index is 0.129. The molecule has 0 bridgehead atoms. The van der Waals surface area contributed by atoms with Crippen LogP contribution in [0.4, 0.5) is 0 Å². The molecule has 0 spiro atoms.